The number of methoxy groups -OCH3 is 2. The van der Waals surface area contributed by atoms with Crippen molar-refractivity contribution in [1.29, 1.82) is 0 Å². The first-order valence-electron chi connectivity index (χ1n) is 5.60. The SMILES string of the molecule is COC(Cn1c(C)nc2sc(C)cc2c1=O)OC. The Morgan fingerprint density at radius 3 is 2.67 bits per heavy atom. The highest BCUT2D eigenvalue weighted by Crippen LogP contribution is 2.20. The van der Waals surface area contributed by atoms with Gasteiger partial charge in [-0.2, -0.15) is 0 Å². The van der Waals surface area contributed by atoms with Gasteiger partial charge < -0.3 is 9.47 Å². The van der Waals surface area contributed by atoms with E-state index < -0.39 is 6.29 Å². The van der Waals surface area contributed by atoms with E-state index in [-0.39, 0.29) is 5.56 Å². The molecule has 5 nitrogen and oxygen atoms in total. The number of nitrogens with zero attached hydrogens (tertiary/aromatic N) is 2. The van der Waals surface area contributed by atoms with Crippen LogP contribution in [-0.2, 0) is 16.0 Å². The highest BCUT2D eigenvalue weighted by atomic mass is 32.1. The molecular weight excluding hydrogens is 252 g/mol. The van der Waals surface area contributed by atoms with E-state index in [0.29, 0.717) is 17.8 Å². The zero-order chi connectivity index (χ0) is 13.3. The molecule has 6 heteroatoms. The number of rotatable bonds is 4. The molecule has 0 saturated heterocycles. The van der Waals surface area contributed by atoms with Crippen molar-refractivity contribution in [3.8, 4) is 0 Å². The van der Waals surface area contributed by atoms with Crippen LogP contribution in [0.1, 0.15) is 10.7 Å². The first-order chi connectivity index (χ1) is 8.56. The summed E-state index contributed by atoms with van der Waals surface area (Å²) in [4.78, 5) is 18.7. The largest absolute Gasteiger partial charge is 0.354 e. The first kappa shape index (κ1) is 13.2. The van der Waals surface area contributed by atoms with Gasteiger partial charge in [0.05, 0.1) is 11.9 Å². The van der Waals surface area contributed by atoms with Gasteiger partial charge in [0, 0.05) is 19.1 Å². The van der Waals surface area contributed by atoms with Gasteiger partial charge in [0.15, 0.2) is 6.29 Å². The van der Waals surface area contributed by atoms with Crippen molar-refractivity contribution in [3.05, 3.63) is 27.1 Å². The number of ether oxygens (including phenoxy) is 2. The molecule has 98 valence electrons. The summed E-state index contributed by atoms with van der Waals surface area (Å²) < 4.78 is 11.8. The fourth-order valence-corrected chi connectivity index (χ4v) is 2.76. The van der Waals surface area contributed by atoms with Crippen LogP contribution in [0.4, 0.5) is 0 Å². The number of aryl methyl sites for hydroxylation is 2. The van der Waals surface area contributed by atoms with E-state index in [1.165, 1.54) is 11.3 Å². The van der Waals surface area contributed by atoms with E-state index in [0.717, 1.165) is 9.71 Å². The Morgan fingerprint density at radius 1 is 1.39 bits per heavy atom. The highest BCUT2D eigenvalue weighted by molar-refractivity contribution is 7.18. The summed E-state index contributed by atoms with van der Waals surface area (Å²) in [6, 6.07) is 1.87. The summed E-state index contributed by atoms with van der Waals surface area (Å²) in [6.07, 6.45) is -0.444. The van der Waals surface area contributed by atoms with E-state index >= 15 is 0 Å². The number of hydrogen-bond acceptors (Lipinski definition) is 5. The molecule has 18 heavy (non-hydrogen) atoms. The van der Waals surface area contributed by atoms with Crippen molar-refractivity contribution in [2.45, 2.75) is 26.7 Å². The molecule has 0 N–H and O–H groups in total. The third-order valence-corrected chi connectivity index (χ3v) is 3.77. The molecule has 0 aliphatic heterocycles. The van der Waals surface area contributed by atoms with Crippen LogP contribution >= 0.6 is 11.3 Å². The molecule has 0 unspecified atom stereocenters. The van der Waals surface area contributed by atoms with E-state index in [2.05, 4.69) is 4.98 Å². The predicted molar refractivity (Wildman–Crippen MR) is 71.2 cm³/mol. The second kappa shape index (κ2) is 5.17. The van der Waals surface area contributed by atoms with Crippen molar-refractivity contribution in [1.82, 2.24) is 9.55 Å². The summed E-state index contributed by atoms with van der Waals surface area (Å²) in [7, 11) is 3.10. The molecule has 0 amide bonds. The lowest BCUT2D eigenvalue weighted by Gasteiger charge is -2.16. The molecule has 0 spiro atoms. The third kappa shape index (κ3) is 2.31. The summed E-state index contributed by atoms with van der Waals surface area (Å²) in [5.41, 5.74) is -0.0408. The lowest BCUT2D eigenvalue weighted by atomic mass is 10.3. The van der Waals surface area contributed by atoms with Gasteiger partial charge in [0.25, 0.3) is 5.56 Å². The third-order valence-electron chi connectivity index (χ3n) is 2.82. The van der Waals surface area contributed by atoms with Gasteiger partial charge in [-0.25, -0.2) is 4.98 Å². The fourth-order valence-electron chi connectivity index (χ4n) is 1.85. The van der Waals surface area contributed by atoms with Crippen molar-refractivity contribution in [2.24, 2.45) is 0 Å². The van der Waals surface area contributed by atoms with Crippen LogP contribution in [0.5, 0.6) is 0 Å². The van der Waals surface area contributed by atoms with Gasteiger partial charge in [-0.1, -0.05) is 0 Å². The van der Waals surface area contributed by atoms with E-state index in [1.807, 2.05) is 19.9 Å². The Kier molecular flexibility index (Phi) is 3.79. The quantitative estimate of drug-likeness (QED) is 0.792. The van der Waals surface area contributed by atoms with Gasteiger partial charge in [-0.3, -0.25) is 9.36 Å². The van der Waals surface area contributed by atoms with Crippen molar-refractivity contribution in [3.63, 3.8) is 0 Å². The molecule has 0 bridgehead atoms. The maximum absolute atomic E-state index is 12.3. The molecule has 0 aliphatic rings. The number of thiophene rings is 1. The second-order valence-corrected chi connectivity index (χ2v) is 5.29. The molecule has 0 fully saturated rings. The Labute approximate surface area is 109 Å². The zero-order valence-electron chi connectivity index (χ0n) is 10.9. The highest BCUT2D eigenvalue weighted by Gasteiger charge is 2.14. The van der Waals surface area contributed by atoms with Crippen LogP contribution in [0.2, 0.25) is 0 Å². The summed E-state index contributed by atoms with van der Waals surface area (Å²) in [5, 5.41) is 0.661. The lowest BCUT2D eigenvalue weighted by Crippen LogP contribution is -2.30. The molecule has 2 rings (SSSR count). The molecular formula is C12H16N2O3S. The smallest absolute Gasteiger partial charge is 0.262 e. The fraction of sp³-hybridized carbons (Fsp3) is 0.500. The summed E-state index contributed by atoms with van der Waals surface area (Å²) in [6.45, 7) is 4.13. The van der Waals surface area contributed by atoms with Gasteiger partial charge in [-0.05, 0) is 19.9 Å². The Balaban J connectivity index is 2.53. The Bertz CT molecular complexity index is 614. The monoisotopic (exact) mass is 268 g/mol. The molecule has 2 aromatic heterocycles. The van der Waals surface area contributed by atoms with E-state index in [1.54, 1.807) is 18.8 Å². The second-order valence-electron chi connectivity index (χ2n) is 4.05. The Hall–Kier alpha value is -1.24. The predicted octanol–water partition coefficient (Wildman–Crippen LogP) is 1.69. The molecule has 0 atom stereocenters. The van der Waals surface area contributed by atoms with Crippen molar-refractivity contribution in [2.75, 3.05) is 14.2 Å². The average molecular weight is 268 g/mol. The van der Waals surface area contributed by atoms with Crippen LogP contribution in [-0.4, -0.2) is 30.1 Å². The minimum Gasteiger partial charge on any atom is -0.354 e. The van der Waals surface area contributed by atoms with Crippen LogP contribution in [0, 0.1) is 13.8 Å². The Morgan fingerprint density at radius 2 is 2.06 bits per heavy atom. The van der Waals surface area contributed by atoms with E-state index in [4.69, 9.17) is 9.47 Å². The molecule has 0 aliphatic carbocycles. The van der Waals surface area contributed by atoms with Crippen LogP contribution in [0.15, 0.2) is 10.9 Å². The van der Waals surface area contributed by atoms with Gasteiger partial charge >= 0.3 is 0 Å². The van der Waals surface area contributed by atoms with Crippen molar-refractivity contribution >= 4 is 21.6 Å². The number of hydrogen-bond donors (Lipinski definition) is 0. The topological polar surface area (TPSA) is 53.4 Å². The molecule has 0 aromatic carbocycles. The first-order valence-corrected chi connectivity index (χ1v) is 6.41. The molecule has 2 heterocycles. The average Bonchev–Trinajstić information content (AvgIpc) is 2.70. The van der Waals surface area contributed by atoms with Crippen LogP contribution < -0.4 is 5.56 Å². The van der Waals surface area contributed by atoms with Crippen molar-refractivity contribution < 1.29 is 9.47 Å². The van der Waals surface area contributed by atoms with E-state index in [9.17, 15) is 4.79 Å². The van der Waals surface area contributed by atoms with Gasteiger partial charge in [0.2, 0.25) is 0 Å². The van der Waals surface area contributed by atoms with Gasteiger partial charge in [-0.15, -0.1) is 11.3 Å². The molecule has 0 radical (unpaired) electrons. The summed E-state index contributed by atoms with van der Waals surface area (Å²) >= 11 is 1.53. The van der Waals surface area contributed by atoms with Crippen LogP contribution in [0.3, 0.4) is 0 Å². The minimum absolute atomic E-state index is 0.0408. The molecule has 2 aromatic rings. The zero-order valence-corrected chi connectivity index (χ0v) is 11.7. The minimum atomic E-state index is -0.444. The molecule has 0 saturated carbocycles. The normalized spacial score (nSPS) is 11.6. The number of fused-ring (bicyclic) bond motifs is 1. The maximum atomic E-state index is 12.3. The maximum Gasteiger partial charge on any atom is 0.262 e. The van der Waals surface area contributed by atoms with Gasteiger partial charge in [0.1, 0.15) is 10.7 Å². The number of aromatic nitrogens is 2. The standard InChI is InChI=1S/C12H16N2O3S/c1-7-5-9-11(18-7)13-8(2)14(12(9)15)6-10(16-3)17-4/h5,10H,6H2,1-4H3. The van der Waals surface area contributed by atoms with Crippen LogP contribution in [0.25, 0.3) is 10.2 Å². The summed E-state index contributed by atoms with van der Waals surface area (Å²) in [5.74, 6) is 0.674. The lowest BCUT2D eigenvalue weighted by molar-refractivity contribution is -0.111.